The highest BCUT2D eigenvalue weighted by Gasteiger charge is 2.41. The van der Waals surface area contributed by atoms with Crippen LogP contribution in [0, 0.1) is 12.0 Å². The number of hydrogen-bond donors (Lipinski definition) is 2. The average Bonchev–Trinajstić information content (AvgIpc) is 2.46. The monoisotopic (exact) mass is 195 g/mol. The minimum atomic E-state index is -0.462. The minimum absolute atomic E-state index is 0.0152. The van der Waals surface area contributed by atoms with Crippen LogP contribution in [-0.2, 0) is 9.59 Å². The van der Waals surface area contributed by atoms with E-state index >= 15 is 0 Å². The highest BCUT2D eigenvalue weighted by Crippen LogP contribution is 2.38. The topological polar surface area (TPSA) is 58.2 Å². The summed E-state index contributed by atoms with van der Waals surface area (Å²) in [6, 6.07) is 0. The Kier molecular flexibility index (Phi) is 3.28. The highest BCUT2D eigenvalue weighted by atomic mass is 16.2. The lowest BCUT2D eigenvalue weighted by atomic mass is 9.77. The molecule has 14 heavy (non-hydrogen) atoms. The second-order valence-electron chi connectivity index (χ2n) is 3.43. The maximum Gasteiger partial charge on any atom is 0.234 e. The molecule has 0 aromatic rings. The van der Waals surface area contributed by atoms with Crippen molar-refractivity contribution >= 4 is 12.3 Å². The van der Waals surface area contributed by atoms with E-state index in [1.54, 1.807) is 12.7 Å². The molecule has 0 aromatic heterocycles. The summed E-state index contributed by atoms with van der Waals surface area (Å²) < 4.78 is 0. The summed E-state index contributed by atoms with van der Waals surface area (Å²) in [6.07, 6.45) is 3.62. The van der Waals surface area contributed by atoms with Crippen molar-refractivity contribution in [2.45, 2.75) is 26.7 Å². The molecular formula is C10H15N2O2. The normalized spacial score (nSPS) is 25.6. The molecule has 1 unspecified atom stereocenters. The number of hydrogen-bond acceptors (Lipinski definition) is 2. The van der Waals surface area contributed by atoms with Crippen molar-refractivity contribution in [3.05, 3.63) is 18.3 Å². The highest BCUT2D eigenvalue weighted by molar-refractivity contribution is 5.89. The van der Waals surface area contributed by atoms with Gasteiger partial charge in [-0.1, -0.05) is 6.92 Å². The Morgan fingerprint density at radius 1 is 1.64 bits per heavy atom. The molecule has 4 heteroatoms. The van der Waals surface area contributed by atoms with Gasteiger partial charge in [0.25, 0.3) is 0 Å². The zero-order valence-electron chi connectivity index (χ0n) is 8.46. The van der Waals surface area contributed by atoms with Crippen molar-refractivity contribution in [3.8, 4) is 0 Å². The number of nitrogens with one attached hydrogen (secondary N) is 2. The van der Waals surface area contributed by atoms with E-state index < -0.39 is 5.41 Å². The van der Waals surface area contributed by atoms with Gasteiger partial charge in [0.15, 0.2) is 0 Å². The molecule has 1 rings (SSSR count). The molecule has 1 heterocycles. The van der Waals surface area contributed by atoms with Gasteiger partial charge in [-0.2, -0.15) is 0 Å². The second-order valence-corrected chi connectivity index (χ2v) is 3.43. The largest absolute Gasteiger partial charge is 0.354 e. The molecule has 0 aromatic carbocycles. The summed E-state index contributed by atoms with van der Waals surface area (Å²) in [6.45, 7) is 5.52. The summed E-state index contributed by atoms with van der Waals surface area (Å²) >= 11 is 0. The van der Waals surface area contributed by atoms with Crippen LogP contribution >= 0.6 is 0 Å². The van der Waals surface area contributed by atoms with Crippen molar-refractivity contribution < 1.29 is 9.59 Å². The van der Waals surface area contributed by atoms with Crippen LogP contribution in [-0.4, -0.2) is 12.3 Å². The van der Waals surface area contributed by atoms with E-state index in [1.807, 2.05) is 13.8 Å². The van der Waals surface area contributed by atoms with Crippen LogP contribution in [0.4, 0.5) is 0 Å². The molecule has 1 aliphatic heterocycles. The van der Waals surface area contributed by atoms with Gasteiger partial charge >= 0.3 is 0 Å². The molecule has 4 nitrogen and oxygen atoms in total. The Balaban J connectivity index is 2.69. The fourth-order valence-electron chi connectivity index (χ4n) is 1.75. The first-order chi connectivity index (χ1) is 6.67. The summed E-state index contributed by atoms with van der Waals surface area (Å²) in [5.41, 5.74) is 0.560. The van der Waals surface area contributed by atoms with E-state index in [0.717, 1.165) is 12.0 Å². The van der Waals surface area contributed by atoms with Crippen molar-refractivity contribution in [1.29, 1.82) is 0 Å². The third-order valence-electron chi connectivity index (χ3n) is 2.85. The van der Waals surface area contributed by atoms with Crippen molar-refractivity contribution in [2.24, 2.45) is 5.41 Å². The molecule has 1 aliphatic rings. The molecule has 2 N–H and O–H groups in total. The number of amides is 2. The molecule has 1 radical (unpaired) electrons. The van der Waals surface area contributed by atoms with Crippen molar-refractivity contribution in [1.82, 2.24) is 10.6 Å². The number of rotatable bonds is 5. The first-order valence-electron chi connectivity index (χ1n) is 4.67. The van der Waals surface area contributed by atoms with Crippen LogP contribution in [0.25, 0.3) is 0 Å². The first kappa shape index (κ1) is 10.8. The molecule has 0 aliphatic carbocycles. The predicted octanol–water partition coefficient (Wildman–Crippen LogP) is 0.714. The van der Waals surface area contributed by atoms with Crippen LogP contribution in [0.5, 0.6) is 0 Å². The van der Waals surface area contributed by atoms with Gasteiger partial charge in [0.1, 0.15) is 0 Å². The van der Waals surface area contributed by atoms with Crippen molar-refractivity contribution in [3.63, 3.8) is 0 Å². The van der Waals surface area contributed by atoms with Gasteiger partial charge in [-0.25, -0.2) is 0 Å². The lowest BCUT2D eigenvalue weighted by Crippen LogP contribution is -2.34. The maximum absolute atomic E-state index is 11.6. The summed E-state index contributed by atoms with van der Waals surface area (Å²) in [7, 11) is 0. The first-order valence-corrected chi connectivity index (χ1v) is 4.67. The van der Waals surface area contributed by atoms with Gasteiger partial charge in [0.2, 0.25) is 12.3 Å². The Hall–Kier alpha value is -1.32. The van der Waals surface area contributed by atoms with Gasteiger partial charge in [0, 0.05) is 6.20 Å². The van der Waals surface area contributed by atoms with Gasteiger partial charge < -0.3 is 10.6 Å². The Morgan fingerprint density at radius 2 is 2.36 bits per heavy atom. The molecule has 0 fully saturated rings. The zero-order chi connectivity index (χ0) is 10.6. The number of carbonyl (C=O) groups is 2. The number of carbonyl (C=O) groups excluding carboxylic acids is 2. The van der Waals surface area contributed by atoms with Gasteiger partial charge in [-0.15, -0.1) is 0 Å². The molecule has 0 saturated carbocycles. The van der Waals surface area contributed by atoms with Gasteiger partial charge in [-0.3, -0.25) is 9.59 Å². The predicted molar refractivity (Wildman–Crippen MR) is 52.7 cm³/mol. The van der Waals surface area contributed by atoms with Gasteiger partial charge in [0.05, 0.1) is 12.0 Å². The van der Waals surface area contributed by atoms with Crippen LogP contribution in [0.15, 0.2) is 11.8 Å². The van der Waals surface area contributed by atoms with Crippen LogP contribution < -0.4 is 10.6 Å². The summed E-state index contributed by atoms with van der Waals surface area (Å²) in [5, 5.41) is 5.16. The van der Waals surface area contributed by atoms with Crippen LogP contribution in [0.2, 0.25) is 0 Å². The quantitative estimate of drug-likeness (QED) is 0.501. The Bertz CT molecular complexity index is 273. The fourth-order valence-corrected chi connectivity index (χ4v) is 1.75. The van der Waals surface area contributed by atoms with Crippen LogP contribution in [0.3, 0.4) is 0 Å². The summed E-state index contributed by atoms with van der Waals surface area (Å²) in [4.78, 5) is 21.7. The van der Waals surface area contributed by atoms with Gasteiger partial charge in [-0.05, 0) is 25.3 Å². The second kappa shape index (κ2) is 4.26. The molecule has 1 atom stereocenters. The van der Waals surface area contributed by atoms with Crippen molar-refractivity contribution in [2.75, 3.05) is 0 Å². The molecule has 0 spiro atoms. The molecule has 0 saturated heterocycles. The van der Waals surface area contributed by atoms with E-state index in [9.17, 15) is 9.59 Å². The smallest absolute Gasteiger partial charge is 0.234 e. The molecule has 2 amide bonds. The zero-order valence-corrected chi connectivity index (χ0v) is 8.46. The van der Waals surface area contributed by atoms with E-state index in [2.05, 4.69) is 10.6 Å². The minimum Gasteiger partial charge on any atom is -0.354 e. The van der Waals surface area contributed by atoms with E-state index in [0.29, 0.717) is 12.8 Å². The fraction of sp³-hybridized carbons (Fsp3) is 0.500. The van der Waals surface area contributed by atoms with E-state index in [1.165, 1.54) is 0 Å². The van der Waals surface area contributed by atoms with Crippen LogP contribution in [0.1, 0.15) is 26.7 Å². The molecule has 77 valence electrons. The summed E-state index contributed by atoms with van der Waals surface area (Å²) in [5.74, 6) is 0.0152. The Labute approximate surface area is 83.8 Å². The third kappa shape index (κ3) is 1.64. The lowest BCUT2D eigenvalue weighted by Gasteiger charge is -2.26. The van der Waals surface area contributed by atoms with E-state index in [-0.39, 0.29) is 5.91 Å². The Morgan fingerprint density at radius 3 is 2.79 bits per heavy atom. The average molecular weight is 195 g/mol. The standard InChI is InChI=1S/C10H15N2O2/c1-3-10(4-5-11-7-13)8(2)6-12-9(10)14/h5-7H,3-4H2,1-2H3,(H,11,13)(H,12,14). The lowest BCUT2D eigenvalue weighted by molar-refractivity contribution is -0.127. The van der Waals surface area contributed by atoms with E-state index in [4.69, 9.17) is 0 Å². The molecular weight excluding hydrogens is 180 g/mol. The third-order valence-corrected chi connectivity index (χ3v) is 2.85. The molecule has 0 bridgehead atoms. The maximum atomic E-state index is 11.6. The SMILES string of the molecule is CCC1(C[CH]NC=O)C(=O)NC=C1C.